The van der Waals surface area contributed by atoms with Crippen LogP contribution >= 0.6 is 11.3 Å². The number of nitrogens with zero attached hydrogens (tertiary/aromatic N) is 1. The quantitative estimate of drug-likeness (QED) is 0.933. The van der Waals surface area contributed by atoms with Gasteiger partial charge in [0.25, 0.3) is 0 Å². The van der Waals surface area contributed by atoms with E-state index >= 15 is 0 Å². The third-order valence-electron chi connectivity index (χ3n) is 3.83. The van der Waals surface area contributed by atoms with Gasteiger partial charge in [-0.1, -0.05) is 6.07 Å². The molecule has 0 fully saturated rings. The number of benzene rings is 1. The average molecular weight is 288 g/mol. The molecule has 1 unspecified atom stereocenters. The van der Waals surface area contributed by atoms with Crippen molar-refractivity contribution in [1.29, 1.82) is 0 Å². The maximum absolute atomic E-state index is 5.86. The molecule has 3 nitrogen and oxygen atoms in total. The second kappa shape index (κ2) is 5.94. The van der Waals surface area contributed by atoms with Gasteiger partial charge >= 0.3 is 0 Å². The van der Waals surface area contributed by atoms with E-state index in [1.54, 1.807) is 11.3 Å². The van der Waals surface area contributed by atoms with Gasteiger partial charge in [-0.15, -0.1) is 11.3 Å². The first-order valence-corrected chi connectivity index (χ1v) is 7.98. The summed E-state index contributed by atoms with van der Waals surface area (Å²) in [6.45, 7) is 2.57. The van der Waals surface area contributed by atoms with Crippen LogP contribution in [0.1, 0.15) is 40.7 Å². The Bertz CT molecular complexity index is 594. The fourth-order valence-corrected chi connectivity index (χ4v) is 3.41. The SMILES string of the molecule is CNC1CCCc2cc(OCc3csc(C)n3)ccc21. The third kappa shape index (κ3) is 2.86. The Labute approximate surface area is 124 Å². The van der Waals surface area contributed by atoms with Gasteiger partial charge in [-0.05, 0) is 56.5 Å². The zero-order valence-electron chi connectivity index (χ0n) is 12.0. The van der Waals surface area contributed by atoms with Crippen LogP contribution in [0.5, 0.6) is 5.75 Å². The minimum atomic E-state index is 0.494. The summed E-state index contributed by atoms with van der Waals surface area (Å²) >= 11 is 1.67. The fraction of sp³-hybridized carbons (Fsp3) is 0.438. The van der Waals surface area contributed by atoms with Crippen molar-refractivity contribution in [2.75, 3.05) is 7.05 Å². The maximum Gasteiger partial charge on any atom is 0.131 e. The van der Waals surface area contributed by atoms with E-state index in [4.69, 9.17) is 4.74 Å². The molecule has 0 bridgehead atoms. The molecule has 0 saturated carbocycles. The van der Waals surface area contributed by atoms with Gasteiger partial charge in [-0.25, -0.2) is 4.98 Å². The van der Waals surface area contributed by atoms with Crippen LogP contribution in [-0.2, 0) is 13.0 Å². The Morgan fingerprint density at radius 1 is 1.45 bits per heavy atom. The third-order valence-corrected chi connectivity index (χ3v) is 4.65. The van der Waals surface area contributed by atoms with Crippen molar-refractivity contribution >= 4 is 11.3 Å². The molecule has 3 rings (SSSR count). The number of nitrogens with one attached hydrogen (secondary N) is 1. The molecule has 2 aromatic rings. The minimum Gasteiger partial charge on any atom is -0.487 e. The van der Waals surface area contributed by atoms with Crippen LogP contribution in [0.25, 0.3) is 0 Å². The lowest BCUT2D eigenvalue weighted by Gasteiger charge is -2.25. The molecule has 1 aliphatic rings. The van der Waals surface area contributed by atoms with E-state index in [9.17, 15) is 0 Å². The Morgan fingerprint density at radius 2 is 2.35 bits per heavy atom. The van der Waals surface area contributed by atoms with E-state index in [2.05, 4.69) is 33.9 Å². The van der Waals surface area contributed by atoms with Crippen LogP contribution in [0.3, 0.4) is 0 Å². The van der Waals surface area contributed by atoms with E-state index in [0.717, 1.165) is 22.9 Å². The molecule has 1 aliphatic carbocycles. The van der Waals surface area contributed by atoms with Gasteiger partial charge < -0.3 is 10.1 Å². The van der Waals surface area contributed by atoms with Crippen molar-refractivity contribution in [3.63, 3.8) is 0 Å². The number of hydrogen-bond donors (Lipinski definition) is 1. The van der Waals surface area contributed by atoms with Crippen LogP contribution < -0.4 is 10.1 Å². The maximum atomic E-state index is 5.86. The fourth-order valence-electron chi connectivity index (χ4n) is 2.81. The van der Waals surface area contributed by atoms with Crippen molar-refractivity contribution in [2.45, 2.75) is 38.8 Å². The first kappa shape index (κ1) is 13.6. The van der Waals surface area contributed by atoms with Crippen molar-refractivity contribution in [2.24, 2.45) is 0 Å². The van der Waals surface area contributed by atoms with Gasteiger partial charge in [-0.2, -0.15) is 0 Å². The van der Waals surface area contributed by atoms with Crippen LogP contribution in [-0.4, -0.2) is 12.0 Å². The van der Waals surface area contributed by atoms with Crippen LogP contribution in [0.2, 0.25) is 0 Å². The number of aryl methyl sites for hydroxylation is 2. The van der Waals surface area contributed by atoms with Crippen LogP contribution in [0, 0.1) is 6.92 Å². The van der Waals surface area contributed by atoms with E-state index < -0.39 is 0 Å². The topological polar surface area (TPSA) is 34.1 Å². The Balaban J connectivity index is 1.72. The molecule has 0 spiro atoms. The number of fused-ring (bicyclic) bond motifs is 1. The van der Waals surface area contributed by atoms with Gasteiger partial charge in [0, 0.05) is 11.4 Å². The van der Waals surface area contributed by atoms with Gasteiger partial charge in [0.2, 0.25) is 0 Å². The van der Waals surface area contributed by atoms with E-state index in [0.29, 0.717) is 12.6 Å². The van der Waals surface area contributed by atoms with Crippen LogP contribution in [0.15, 0.2) is 23.6 Å². The molecule has 4 heteroatoms. The summed E-state index contributed by atoms with van der Waals surface area (Å²) in [6.07, 6.45) is 3.62. The molecule has 0 radical (unpaired) electrons. The first-order chi connectivity index (χ1) is 9.76. The average Bonchev–Trinajstić information content (AvgIpc) is 2.89. The second-order valence-electron chi connectivity index (χ2n) is 5.24. The zero-order valence-corrected chi connectivity index (χ0v) is 12.8. The highest BCUT2D eigenvalue weighted by Gasteiger charge is 2.18. The van der Waals surface area contributed by atoms with Crippen molar-refractivity contribution in [3.05, 3.63) is 45.4 Å². The summed E-state index contributed by atoms with van der Waals surface area (Å²) < 4.78 is 5.86. The molecule has 20 heavy (non-hydrogen) atoms. The summed E-state index contributed by atoms with van der Waals surface area (Å²) in [5.74, 6) is 0.950. The number of ether oxygens (including phenoxy) is 1. The highest BCUT2D eigenvalue weighted by Crippen LogP contribution is 2.32. The summed E-state index contributed by atoms with van der Waals surface area (Å²) in [5, 5.41) is 6.54. The number of hydrogen-bond acceptors (Lipinski definition) is 4. The van der Waals surface area contributed by atoms with Crippen LogP contribution in [0.4, 0.5) is 0 Å². The van der Waals surface area contributed by atoms with Crippen molar-refractivity contribution in [3.8, 4) is 5.75 Å². The highest BCUT2D eigenvalue weighted by molar-refractivity contribution is 7.09. The van der Waals surface area contributed by atoms with E-state index in [1.807, 2.05) is 14.0 Å². The number of thiazole rings is 1. The summed E-state index contributed by atoms with van der Waals surface area (Å²) in [6, 6.07) is 6.97. The monoisotopic (exact) mass is 288 g/mol. The molecule has 106 valence electrons. The molecule has 1 aromatic carbocycles. The largest absolute Gasteiger partial charge is 0.487 e. The second-order valence-corrected chi connectivity index (χ2v) is 6.30. The number of aromatic nitrogens is 1. The molecule has 1 heterocycles. The Hall–Kier alpha value is -1.39. The molecular formula is C16H20N2OS. The minimum absolute atomic E-state index is 0.494. The molecule has 0 amide bonds. The molecule has 0 saturated heterocycles. The predicted molar refractivity (Wildman–Crippen MR) is 82.4 cm³/mol. The lowest BCUT2D eigenvalue weighted by molar-refractivity contribution is 0.301. The van der Waals surface area contributed by atoms with E-state index in [1.165, 1.54) is 24.0 Å². The van der Waals surface area contributed by atoms with Crippen molar-refractivity contribution in [1.82, 2.24) is 10.3 Å². The molecule has 1 atom stereocenters. The lowest BCUT2D eigenvalue weighted by Crippen LogP contribution is -2.21. The summed E-state index contributed by atoms with van der Waals surface area (Å²) in [5.41, 5.74) is 3.86. The highest BCUT2D eigenvalue weighted by atomic mass is 32.1. The lowest BCUT2D eigenvalue weighted by atomic mass is 9.87. The Morgan fingerprint density at radius 3 is 3.10 bits per heavy atom. The molecule has 1 N–H and O–H groups in total. The standard InChI is InChI=1S/C16H20N2OS/c1-11-18-13(10-20-11)9-19-14-6-7-15-12(8-14)4-3-5-16(15)17-2/h6-8,10,16-17H,3-5,9H2,1-2H3. The van der Waals surface area contributed by atoms with Gasteiger partial charge in [-0.3, -0.25) is 0 Å². The normalized spacial score (nSPS) is 17.8. The first-order valence-electron chi connectivity index (χ1n) is 7.10. The smallest absolute Gasteiger partial charge is 0.131 e. The van der Waals surface area contributed by atoms with Gasteiger partial charge in [0.15, 0.2) is 0 Å². The zero-order chi connectivity index (χ0) is 13.9. The van der Waals surface area contributed by atoms with Crippen molar-refractivity contribution < 1.29 is 4.74 Å². The summed E-state index contributed by atoms with van der Waals surface area (Å²) in [4.78, 5) is 4.42. The predicted octanol–water partition coefficient (Wildman–Crippen LogP) is 3.63. The molecule has 1 aromatic heterocycles. The van der Waals surface area contributed by atoms with Gasteiger partial charge in [0.05, 0.1) is 10.7 Å². The molecular weight excluding hydrogens is 268 g/mol. The Kier molecular flexibility index (Phi) is 4.03. The van der Waals surface area contributed by atoms with Gasteiger partial charge in [0.1, 0.15) is 12.4 Å². The summed E-state index contributed by atoms with van der Waals surface area (Å²) in [7, 11) is 2.04. The molecule has 0 aliphatic heterocycles. The van der Waals surface area contributed by atoms with E-state index in [-0.39, 0.29) is 0 Å². The number of rotatable bonds is 4.